The maximum atomic E-state index is 14.2. The summed E-state index contributed by atoms with van der Waals surface area (Å²) < 4.78 is 24.1. The second kappa shape index (κ2) is 16.1. The molecule has 3 aliphatic heterocycles. The molecule has 6 rings (SSSR count). The van der Waals surface area contributed by atoms with Gasteiger partial charge < -0.3 is 60.9 Å². The molecule has 2 fully saturated rings. The number of benzene rings is 1. The van der Waals surface area contributed by atoms with Crippen LogP contribution in [0.3, 0.4) is 0 Å². The molecule has 0 saturated carbocycles. The lowest BCUT2D eigenvalue weighted by Crippen LogP contribution is -2.64. The number of hydrogen-bond acceptors (Lipinski definition) is 11. The fourth-order valence-electron chi connectivity index (χ4n) is 8.99. The molecular weight excluding hydrogens is 688 g/mol. The summed E-state index contributed by atoms with van der Waals surface area (Å²) in [6, 6.07) is 3.48. The fraction of sp³-hybridized carbons (Fsp3) is 0.639. The number of ether oxygens (including phenoxy) is 4. The van der Waals surface area contributed by atoms with Crippen LogP contribution in [0.1, 0.15) is 50.2 Å². The number of likely N-dealkylation sites (tertiary alicyclic amines) is 1. The van der Waals surface area contributed by atoms with Crippen molar-refractivity contribution in [2.75, 3.05) is 66.6 Å². The molecule has 53 heavy (non-hydrogen) atoms. The molecule has 1 spiro atoms. The van der Waals surface area contributed by atoms with Crippen LogP contribution in [0.4, 0.5) is 9.59 Å². The quantitative estimate of drug-likeness (QED) is 0.0770. The summed E-state index contributed by atoms with van der Waals surface area (Å²) in [5, 5.41) is 15.2. The topological polar surface area (TPSA) is 224 Å². The Balaban J connectivity index is 1.18. The molecule has 1 aromatic rings. The van der Waals surface area contributed by atoms with Gasteiger partial charge in [0.15, 0.2) is 23.6 Å². The standard InChI is InChI=1S/C36H52N8O9/c1-4-51-34(48)43-14-15-44(23(20-43)19-39-18-22(6-5-12-40-33(37)38)41-28(45)17-29(46)47)35(49)52-27-10-8-24-25-16-21-7-9-26(50-3)31-30(21)36(24,32(27)53-31)11-13-42(25)2/h7,9-10,22-25,32,39H,4-6,8,11-20H2,1-3H3,(H,41,45)(H,46,47)(H4,37,38,40)/t22-,23-,24-,25+,32-,36-/m0/s1. The van der Waals surface area contributed by atoms with Crippen LogP contribution in [-0.2, 0) is 30.9 Å². The van der Waals surface area contributed by atoms with Crippen molar-refractivity contribution < 1.29 is 43.2 Å². The molecule has 5 aliphatic rings. The average molecular weight is 741 g/mol. The highest BCUT2D eigenvalue weighted by Gasteiger charge is 2.65. The Labute approximate surface area is 309 Å². The number of aliphatic imine (C=N–C) groups is 1. The van der Waals surface area contributed by atoms with Crippen LogP contribution in [0.5, 0.6) is 11.5 Å². The molecule has 3 heterocycles. The third kappa shape index (κ3) is 7.67. The number of aliphatic carboxylic acids is 1. The molecular formula is C36H52N8O9. The Morgan fingerprint density at radius 2 is 1.98 bits per heavy atom. The second-order valence-corrected chi connectivity index (χ2v) is 14.4. The predicted octanol–water partition coefficient (Wildman–Crippen LogP) is 0.740. The highest BCUT2D eigenvalue weighted by Crippen LogP contribution is 2.63. The number of nitrogens with one attached hydrogen (secondary N) is 2. The van der Waals surface area contributed by atoms with E-state index in [2.05, 4.69) is 33.6 Å². The van der Waals surface area contributed by atoms with E-state index in [4.69, 9.17) is 35.5 Å². The number of carboxylic acid groups (broad SMARTS) is 1. The number of likely N-dealkylation sites (N-methyl/N-ethyl adjacent to an activating group) is 1. The minimum atomic E-state index is -1.24. The molecule has 17 heteroatoms. The van der Waals surface area contributed by atoms with Gasteiger partial charge in [-0.15, -0.1) is 0 Å². The molecule has 1 aromatic carbocycles. The molecule has 2 saturated heterocycles. The summed E-state index contributed by atoms with van der Waals surface area (Å²) in [5.41, 5.74) is 13.0. The van der Waals surface area contributed by atoms with E-state index >= 15 is 0 Å². The number of hydrogen-bond donors (Lipinski definition) is 5. The third-order valence-electron chi connectivity index (χ3n) is 11.3. The highest BCUT2D eigenvalue weighted by atomic mass is 16.6. The zero-order valence-electron chi connectivity index (χ0n) is 30.7. The number of nitrogens with zero attached hydrogens (tertiary/aromatic N) is 4. The fourth-order valence-corrected chi connectivity index (χ4v) is 8.99. The number of piperazine rings is 1. The predicted molar refractivity (Wildman–Crippen MR) is 193 cm³/mol. The number of carboxylic acids is 1. The summed E-state index contributed by atoms with van der Waals surface area (Å²) in [4.78, 5) is 60.1. The highest BCUT2D eigenvalue weighted by molar-refractivity contribution is 5.93. The van der Waals surface area contributed by atoms with Crippen molar-refractivity contribution in [1.82, 2.24) is 25.3 Å². The van der Waals surface area contributed by atoms with E-state index in [1.165, 1.54) is 11.1 Å². The monoisotopic (exact) mass is 740 g/mol. The number of allylic oxidation sites excluding steroid dienone is 1. The van der Waals surface area contributed by atoms with Gasteiger partial charge in [-0.25, -0.2) is 9.59 Å². The van der Waals surface area contributed by atoms with Crippen LogP contribution >= 0.6 is 0 Å². The van der Waals surface area contributed by atoms with Crippen molar-refractivity contribution in [2.24, 2.45) is 22.4 Å². The number of guanidine groups is 1. The SMILES string of the molecule is CCOC(=O)N1CCN(C(=O)OC2=CC[C@H]3[C@H]4Cc5ccc(OC)c6c5[C@@]3(CCN4C)[C@H]2O6)[C@@H](CNC[C@H](CCCN=C(N)N)NC(=O)CC(=O)O)C1. The number of piperidine rings is 1. The van der Waals surface area contributed by atoms with Crippen LogP contribution in [0, 0.1) is 5.92 Å². The lowest BCUT2D eigenvalue weighted by Gasteiger charge is -2.56. The first-order chi connectivity index (χ1) is 25.5. The van der Waals surface area contributed by atoms with Crippen LogP contribution in [0.2, 0.25) is 0 Å². The van der Waals surface area contributed by atoms with Crippen molar-refractivity contribution in [3.05, 3.63) is 35.1 Å². The molecule has 0 aromatic heterocycles. The van der Waals surface area contributed by atoms with E-state index in [0.29, 0.717) is 42.9 Å². The molecule has 2 bridgehead atoms. The third-order valence-corrected chi connectivity index (χ3v) is 11.3. The van der Waals surface area contributed by atoms with Crippen molar-refractivity contribution >= 4 is 30.0 Å². The van der Waals surface area contributed by atoms with Crippen LogP contribution in [-0.4, -0.2) is 141 Å². The Morgan fingerprint density at radius 3 is 2.72 bits per heavy atom. The van der Waals surface area contributed by atoms with E-state index in [9.17, 15) is 19.2 Å². The molecule has 0 unspecified atom stereocenters. The second-order valence-electron chi connectivity index (χ2n) is 14.4. The molecule has 17 nitrogen and oxygen atoms in total. The van der Waals surface area contributed by atoms with Gasteiger partial charge in [0, 0.05) is 62.3 Å². The van der Waals surface area contributed by atoms with Crippen molar-refractivity contribution in [2.45, 2.75) is 75.1 Å². The Kier molecular flexibility index (Phi) is 11.5. The van der Waals surface area contributed by atoms with Gasteiger partial charge in [0.1, 0.15) is 12.2 Å². The summed E-state index contributed by atoms with van der Waals surface area (Å²) in [6.45, 7) is 4.34. The van der Waals surface area contributed by atoms with Gasteiger partial charge in [0.2, 0.25) is 5.91 Å². The first kappa shape index (κ1) is 38.0. The Bertz CT molecular complexity index is 1630. The molecule has 6 atom stereocenters. The number of carbonyl (C=O) groups excluding carboxylic acids is 3. The maximum Gasteiger partial charge on any atom is 0.415 e. The summed E-state index contributed by atoms with van der Waals surface area (Å²) in [7, 11) is 3.82. The van der Waals surface area contributed by atoms with E-state index in [1.54, 1.807) is 23.8 Å². The van der Waals surface area contributed by atoms with E-state index in [-0.39, 0.29) is 50.7 Å². The first-order valence-corrected chi connectivity index (χ1v) is 18.4. The number of carbonyl (C=O) groups is 4. The summed E-state index contributed by atoms with van der Waals surface area (Å²) in [6.07, 6.45) is 3.36. The van der Waals surface area contributed by atoms with Crippen molar-refractivity contribution in [3.63, 3.8) is 0 Å². The van der Waals surface area contributed by atoms with Gasteiger partial charge in [-0.05, 0) is 76.2 Å². The number of methoxy groups -OCH3 is 1. The van der Waals surface area contributed by atoms with E-state index in [0.717, 1.165) is 31.6 Å². The van der Waals surface area contributed by atoms with Crippen molar-refractivity contribution in [1.29, 1.82) is 0 Å². The Morgan fingerprint density at radius 1 is 1.17 bits per heavy atom. The molecule has 2 aliphatic carbocycles. The number of nitrogens with two attached hydrogens (primary N) is 2. The lowest BCUT2D eigenvalue weighted by atomic mass is 9.53. The Hall–Kier alpha value is -4.77. The van der Waals surface area contributed by atoms with Gasteiger partial charge in [-0.1, -0.05) is 6.07 Å². The smallest absolute Gasteiger partial charge is 0.415 e. The first-order valence-electron chi connectivity index (χ1n) is 18.4. The molecule has 7 N–H and O–H groups in total. The zero-order chi connectivity index (χ0) is 37.9. The van der Waals surface area contributed by atoms with Crippen molar-refractivity contribution in [3.8, 4) is 11.5 Å². The lowest BCUT2D eigenvalue weighted by molar-refractivity contribution is -0.140. The molecule has 0 radical (unpaired) electrons. The van der Waals surface area contributed by atoms with Gasteiger partial charge in [-0.3, -0.25) is 14.6 Å². The van der Waals surface area contributed by atoms with Gasteiger partial charge >= 0.3 is 18.2 Å². The average Bonchev–Trinajstić information content (AvgIpc) is 3.47. The summed E-state index contributed by atoms with van der Waals surface area (Å²) in [5.74, 6) is 0.282. The normalized spacial score (nSPS) is 26.0. The molecule has 3 amide bonds. The van der Waals surface area contributed by atoms with E-state index in [1.807, 2.05) is 12.1 Å². The summed E-state index contributed by atoms with van der Waals surface area (Å²) >= 11 is 0. The van der Waals surface area contributed by atoms with Gasteiger partial charge in [0.25, 0.3) is 0 Å². The van der Waals surface area contributed by atoms with Gasteiger partial charge in [0.05, 0.1) is 19.8 Å². The van der Waals surface area contributed by atoms with Crippen LogP contribution in [0.25, 0.3) is 0 Å². The zero-order valence-corrected chi connectivity index (χ0v) is 30.7. The number of rotatable bonds is 14. The van der Waals surface area contributed by atoms with E-state index < -0.39 is 48.7 Å². The minimum Gasteiger partial charge on any atom is -0.493 e. The minimum absolute atomic E-state index is 0.0451. The largest absolute Gasteiger partial charge is 0.493 e. The maximum absolute atomic E-state index is 14.2. The van der Waals surface area contributed by atoms with Gasteiger partial charge in [-0.2, -0.15) is 0 Å². The molecule has 290 valence electrons. The number of amides is 3. The van der Waals surface area contributed by atoms with Crippen LogP contribution in [0.15, 0.2) is 29.0 Å². The van der Waals surface area contributed by atoms with Crippen LogP contribution < -0.4 is 31.6 Å².